The number of anilines is 1. The van der Waals surface area contributed by atoms with Crippen LogP contribution in [0.25, 0.3) is 0 Å². The minimum absolute atomic E-state index is 0.408. The van der Waals surface area contributed by atoms with E-state index in [-0.39, 0.29) is 0 Å². The largest absolute Gasteiger partial charge is 0.497 e. The van der Waals surface area contributed by atoms with Gasteiger partial charge in [-0.05, 0) is 38.2 Å². The Labute approximate surface area is 102 Å². The molecule has 1 atom stereocenters. The fourth-order valence-electron chi connectivity index (χ4n) is 1.32. The number of benzene rings is 1. The van der Waals surface area contributed by atoms with Gasteiger partial charge in [0, 0.05) is 12.2 Å². The summed E-state index contributed by atoms with van der Waals surface area (Å²) in [5.41, 5.74) is 0.536. The van der Waals surface area contributed by atoms with E-state index in [1.807, 2.05) is 0 Å². The highest BCUT2D eigenvalue weighted by Gasteiger charge is 2.19. The third kappa shape index (κ3) is 3.90. The van der Waals surface area contributed by atoms with Gasteiger partial charge < -0.3 is 10.1 Å². The van der Waals surface area contributed by atoms with E-state index in [1.165, 1.54) is 0 Å². The normalized spacial score (nSPS) is 13.1. The molecule has 1 rings (SSSR count). The number of nitrogens with one attached hydrogen (secondary N) is 2. The summed E-state index contributed by atoms with van der Waals surface area (Å²) in [6, 6.07) is 6.76. The molecule has 1 aromatic rings. The topological polar surface area (TPSA) is 67.4 Å². The Balaban J connectivity index is 2.75. The predicted octanol–water partition coefficient (Wildman–Crippen LogP) is 1.04. The Morgan fingerprint density at radius 3 is 2.35 bits per heavy atom. The van der Waals surface area contributed by atoms with Crippen molar-refractivity contribution in [1.29, 1.82) is 0 Å². The van der Waals surface area contributed by atoms with Crippen molar-refractivity contribution < 1.29 is 13.2 Å². The van der Waals surface area contributed by atoms with Crippen LogP contribution in [0.15, 0.2) is 24.3 Å². The molecule has 0 aliphatic carbocycles. The summed E-state index contributed by atoms with van der Waals surface area (Å²) in [6.07, 6.45) is 0. The van der Waals surface area contributed by atoms with Crippen molar-refractivity contribution in [2.24, 2.45) is 0 Å². The molecule has 0 fully saturated rings. The maximum absolute atomic E-state index is 11.9. The van der Waals surface area contributed by atoms with Crippen LogP contribution in [0, 0.1) is 0 Å². The molecule has 6 heteroatoms. The highest BCUT2D eigenvalue weighted by atomic mass is 32.2. The van der Waals surface area contributed by atoms with Crippen molar-refractivity contribution in [3.05, 3.63) is 24.3 Å². The monoisotopic (exact) mass is 258 g/mol. The third-order valence-corrected chi connectivity index (χ3v) is 4.12. The third-order valence-electron chi connectivity index (χ3n) is 2.37. The van der Waals surface area contributed by atoms with E-state index in [9.17, 15) is 8.42 Å². The minimum atomic E-state index is -3.35. The van der Waals surface area contributed by atoms with E-state index in [0.717, 1.165) is 0 Å². The van der Waals surface area contributed by atoms with Crippen LogP contribution in [0.3, 0.4) is 0 Å². The number of hydrogen-bond donors (Lipinski definition) is 2. The standard InChI is InChI=1S/C11H18N2O3S/c1-9(8-12-2)17(14,15)13-10-4-6-11(16-3)7-5-10/h4-7,9,12-13H,8H2,1-3H3. The van der Waals surface area contributed by atoms with Gasteiger partial charge in [0.15, 0.2) is 0 Å². The average molecular weight is 258 g/mol. The summed E-state index contributed by atoms with van der Waals surface area (Å²) in [4.78, 5) is 0. The Morgan fingerprint density at radius 2 is 1.88 bits per heavy atom. The first kappa shape index (κ1) is 13.8. The fourth-order valence-corrected chi connectivity index (χ4v) is 2.37. The second-order valence-corrected chi connectivity index (χ2v) is 5.84. The summed E-state index contributed by atoms with van der Waals surface area (Å²) in [6.45, 7) is 2.06. The van der Waals surface area contributed by atoms with E-state index in [0.29, 0.717) is 18.0 Å². The van der Waals surface area contributed by atoms with Gasteiger partial charge in [0.2, 0.25) is 10.0 Å². The van der Waals surface area contributed by atoms with Gasteiger partial charge in [0.05, 0.1) is 12.4 Å². The van der Waals surface area contributed by atoms with Gasteiger partial charge in [-0.1, -0.05) is 0 Å². The Hall–Kier alpha value is -1.27. The first-order valence-corrected chi connectivity index (χ1v) is 6.84. The molecule has 0 spiro atoms. The quantitative estimate of drug-likeness (QED) is 0.800. The zero-order valence-electron chi connectivity index (χ0n) is 10.2. The molecule has 0 amide bonds. The summed E-state index contributed by atoms with van der Waals surface area (Å²) < 4.78 is 31.3. The van der Waals surface area contributed by atoms with Gasteiger partial charge in [-0.3, -0.25) is 4.72 Å². The Bertz CT molecular complexity index is 442. The first-order chi connectivity index (χ1) is 7.99. The average Bonchev–Trinajstić information content (AvgIpc) is 2.30. The maximum Gasteiger partial charge on any atom is 0.236 e. The Kier molecular flexibility index (Phi) is 4.77. The van der Waals surface area contributed by atoms with Gasteiger partial charge in [-0.2, -0.15) is 0 Å². The lowest BCUT2D eigenvalue weighted by Crippen LogP contribution is -2.33. The molecule has 0 saturated carbocycles. The lowest BCUT2D eigenvalue weighted by molar-refractivity contribution is 0.415. The number of ether oxygens (including phenoxy) is 1. The van der Waals surface area contributed by atoms with Gasteiger partial charge in [-0.25, -0.2) is 8.42 Å². The molecule has 0 saturated heterocycles. The fraction of sp³-hybridized carbons (Fsp3) is 0.455. The second kappa shape index (κ2) is 5.88. The lowest BCUT2D eigenvalue weighted by Gasteiger charge is -2.14. The van der Waals surface area contributed by atoms with Crippen molar-refractivity contribution in [3.63, 3.8) is 0 Å². The molecule has 17 heavy (non-hydrogen) atoms. The molecule has 0 aromatic heterocycles. The number of methoxy groups -OCH3 is 1. The summed E-state index contributed by atoms with van der Waals surface area (Å²) in [7, 11) is -0.0631. The summed E-state index contributed by atoms with van der Waals surface area (Å²) in [5, 5.41) is 2.35. The molecule has 96 valence electrons. The number of hydrogen-bond acceptors (Lipinski definition) is 4. The zero-order chi connectivity index (χ0) is 12.9. The van der Waals surface area contributed by atoms with E-state index < -0.39 is 15.3 Å². The van der Waals surface area contributed by atoms with Crippen molar-refractivity contribution in [1.82, 2.24) is 5.32 Å². The first-order valence-electron chi connectivity index (χ1n) is 5.30. The molecule has 0 radical (unpaired) electrons. The maximum atomic E-state index is 11.9. The number of sulfonamides is 1. The van der Waals surface area contributed by atoms with Crippen molar-refractivity contribution in [3.8, 4) is 5.75 Å². The van der Waals surface area contributed by atoms with Crippen LogP contribution in [-0.4, -0.2) is 34.4 Å². The molecule has 0 heterocycles. The molecule has 1 unspecified atom stereocenters. The van der Waals surface area contributed by atoms with Crippen LogP contribution < -0.4 is 14.8 Å². The molecular weight excluding hydrogens is 240 g/mol. The predicted molar refractivity (Wildman–Crippen MR) is 68.9 cm³/mol. The lowest BCUT2D eigenvalue weighted by atomic mass is 10.3. The van der Waals surface area contributed by atoms with Crippen LogP contribution in [0.2, 0.25) is 0 Å². The zero-order valence-corrected chi connectivity index (χ0v) is 11.0. The smallest absolute Gasteiger partial charge is 0.236 e. The van der Waals surface area contributed by atoms with Crippen molar-refractivity contribution in [2.45, 2.75) is 12.2 Å². The van der Waals surface area contributed by atoms with Crippen LogP contribution in [0.1, 0.15) is 6.92 Å². The molecule has 2 N–H and O–H groups in total. The van der Waals surface area contributed by atoms with Crippen LogP contribution in [-0.2, 0) is 10.0 Å². The van der Waals surface area contributed by atoms with E-state index >= 15 is 0 Å². The van der Waals surface area contributed by atoms with Crippen LogP contribution in [0.5, 0.6) is 5.75 Å². The van der Waals surface area contributed by atoms with Crippen molar-refractivity contribution >= 4 is 15.7 Å². The van der Waals surface area contributed by atoms with E-state index in [2.05, 4.69) is 10.0 Å². The van der Waals surface area contributed by atoms with E-state index in [1.54, 1.807) is 45.3 Å². The minimum Gasteiger partial charge on any atom is -0.497 e. The van der Waals surface area contributed by atoms with Gasteiger partial charge in [0.25, 0.3) is 0 Å². The summed E-state index contributed by atoms with van der Waals surface area (Å²) in [5.74, 6) is 0.691. The highest BCUT2D eigenvalue weighted by molar-refractivity contribution is 7.93. The highest BCUT2D eigenvalue weighted by Crippen LogP contribution is 2.17. The van der Waals surface area contributed by atoms with Crippen molar-refractivity contribution in [2.75, 3.05) is 25.4 Å². The number of rotatable bonds is 6. The Morgan fingerprint density at radius 1 is 1.29 bits per heavy atom. The molecule has 1 aromatic carbocycles. The SMILES string of the molecule is CNCC(C)S(=O)(=O)Nc1ccc(OC)cc1. The van der Waals surface area contributed by atoms with Gasteiger partial charge in [0.1, 0.15) is 5.75 Å². The van der Waals surface area contributed by atoms with Gasteiger partial charge >= 0.3 is 0 Å². The molecule has 0 bridgehead atoms. The second-order valence-electron chi connectivity index (χ2n) is 3.74. The van der Waals surface area contributed by atoms with Crippen LogP contribution >= 0.6 is 0 Å². The molecule has 0 aliphatic rings. The van der Waals surface area contributed by atoms with Gasteiger partial charge in [-0.15, -0.1) is 0 Å². The molecule has 5 nitrogen and oxygen atoms in total. The summed E-state index contributed by atoms with van der Waals surface area (Å²) >= 11 is 0. The molecular formula is C11H18N2O3S. The van der Waals surface area contributed by atoms with E-state index in [4.69, 9.17) is 4.74 Å². The van der Waals surface area contributed by atoms with Crippen LogP contribution in [0.4, 0.5) is 5.69 Å². The molecule has 0 aliphatic heterocycles.